The molecule has 0 aliphatic carbocycles. The summed E-state index contributed by atoms with van der Waals surface area (Å²) in [6, 6.07) is 1.51. The Bertz CT molecular complexity index is 519. The number of nitrogens with zero attached hydrogens (tertiary/aromatic N) is 2. The minimum absolute atomic E-state index is 0.185. The van der Waals surface area contributed by atoms with Gasteiger partial charge in [0.15, 0.2) is 5.75 Å². The lowest BCUT2D eigenvalue weighted by atomic mass is 10.2. The fourth-order valence-electron chi connectivity index (χ4n) is 2.78. The number of hydrogen-bond donors (Lipinski definition) is 1. The summed E-state index contributed by atoms with van der Waals surface area (Å²) in [5.74, 6) is -0.224. The van der Waals surface area contributed by atoms with Crippen molar-refractivity contribution in [3.63, 3.8) is 0 Å². The Kier molecular flexibility index (Phi) is 5.39. The van der Waals surface area contributed by atoms with Crippen molar-refractivity contribution in [1.29, 1.82) is 0 Å². The van der Waals surface area contributed by atoms with E-state index in [1.54, 1.807) is 7.11 Å². The van der Waals surface area contributed by atoms with Gasteiger partial charge in [0.25, 0.3) is 0 Å². The second kappa shape index (κ2) is 7.06. The van der Waals surface area contributed by atoms with Crippen LogP contribution in [0.2, 0.25) is 0 Å². The number of rotatable bonds is 5. The van der Waals surface area contributed by atoms with Crippen molar-refractivity contribution in [2.45, 2.75) is 39.1 Å². The number of aromatic hydroxyl groups is 1. The van der Waals surface area contributed by atoms with Crippen LogP contribution < -0.4 is 5.43 Å². The molecule has 2 unspecified atom stereocenters. The number of hydrogen-bond acceptors (Lipinski definition) is 5. The fraction of sp³-hybridized carbons (Fsp3) is 0.667. The first-order valence-corrected chi connectivity index (χ1v) is 7.28. The number of morpholine rings is 1. The Morgan fingerprint density at radius 2 is 2.05 bits per heavy atom. The lowest BCUT2D eigenvalue weighted by Gasteiger charge is -2.35. The number of aromatic nitrogens is 1. The van der Waals surface area contributed by atoms with Crippen LogP contribution in [-0.4, -0.2) is 53.6 Å². The molecule has 1 aliphatic rings. The topological polar surface area (TPSA) is 63.9 Å². The third-order valence-electron chi connectivity index (χ3n) is 3.61. The van der Waals surface area contributed by atoms with Crippen molar-refractivity contribution in [3.05, 3.63) is 28.2 Å². The van der Waals surface area contributed by atoms with Crippen molar-refractivity contribution < 1.29 is 14.6 Å². The standard InChI is InChI=1S/C15H24N2O4/c1-11-7-16(8-12(2)21-11)9-13-6-14(18)15(19)10-17(13)4-5-20-3/h6,10-12,19H,4-5,7-9H2,1-3H3. The van der Waals surface area contributed by atoms with Crippen molar-refractivity contribution >= 4 is 0 Å². The molecule has 21 heavy (non-hydrogen) atoms. The summed E-state index contributed by atoms with van der Waals surface area (Å²) in [5.41, 5.74) is 0.546. The van der Waals surface area contributed by atoms with Crippen LogP contribution >= 0.6 is 0 Å². The predicted octanol–water partition coefficient (Wildman–Crippen LogP) is 0.810. The molecule has 1 aromatic rings. The lowest BCUT2D eigenvalue weighted by molar-refractivity contribution is -0.0710. The van der Waals surface area contributed by atoms with E-state index in [0.29, 0.717) is 19.7 Å². The van der Waals surface area contributed by atoms with Gasteiger partial charge in [-0.15, -0.1) is 0 Å². The lowest BCUT2D eigenvalue weighted by Crippen LogP contribution is -2.45. The molecule has 1 fully saturated rings. The summed E-state index contributed by atoms with van der Waals surface area (Å²) in [5, 5.41) is 9.61. The van der Waals surface area contributed by atoms with Gasteiger partial charge in [0.2, 0.25) is 5.43 Å². The average molecular weight is 296 g/mol. The first kappa shape index (κ1) is 16.0. The zero-order chi connectivity index (χ0) is 15.4. The smallest absolute Gasteiger partial charge is 0.223 e. The van der Waals surface area contributed by atoms with Gasteiger partial charge in [0, 0.05) is 45.0 Å². The van der Waals surface area contributed by atoms with Crippen LogP contribution in [0.1, 0.15) is 19.5 Å². The highest BCUT2D eigenvalue weighted by molar-refractivity contribution is 5.20. The van der Waals surface area contributed by atoms with Crippen molar-refractivity contribution in [2.24, 2.45) is 0 Å². The van der Waals surface area contributed by atoms with Gasteiger partial charge >= 0.3 is 0 Å². The largest absolute Gasteiger partial charge is 0.503 e. The molecule has 0 bridgehead atoms. The molecule has 0 spiro atoms. The maximum absolute atomic E-state index is 11.7. The van der Waals surface area contributed by atoms with Crippen LogP contribution in [0.15, 0.2) is 17.1 Å². The zero-order valence-corrected chi connectivity index (χ0v) is 12.9. The fourth-order valence-corrected chi connectivity index (χ4v) is 2.78. The van der Waals surface area contributed by atoms with Gasteiger partial charge in [-0.3, -0.25) is 9.69 Å². The summed E-state index contributed by atoms with van der Waals surface area (Å²) in [6.45, 7) is 7.58. The van der Waals surface area contributed by atoms with Crippen LogP contribution in [0.5, 0.6) is 5.75 Å². The molecular formula is C15H24N2O4. The van der Waals surface area contributed by atoms with Gasteiger partial charge in [0.1, 0.15) is 0 Å². The summed E-state index contributed by atoms with van der Waals surface area (Å²) >= 11 is 0. The minimum atomic E-state index is -0.340. The molecule has 1 aliphatic heterocycles. The molecule has 0 amide bonds. The van der Waals surface area contributed by atoms with Crippen LogP contribution in [-0.2, 0) is 22.6 Å². The van der Waals surface area contributed by atoms with E-state index >= 15 is 0 Å². The molecule has 2 rings (SSSR count). The Balaban J connectivity index is 2.17. The molecule has 6 heteroatoms. The third-order valence-corrected chi connectivity index (χ3v) is 3.61. The minimum Gasteiger partial charge on any atom is -0.503 e. The first-order valence-electron chi connectivity index (χ1n) is 7.28. The zero-order valence-electron chi connectivity index (χ0n) is 12.9. The predicted molar refractivity (Wildman–Crippen MR) is 79.5 cm³/mol. The van der Waals surface area contributed by atoms with Crippen LogP contribution in [0.3, 0.4) is 0 Å². The molecule has 1 aromatic heterocycles. The highest BCUT2D eigenvalue weighted by atomic mass is 16.5. The molecule has 0 aromatic carbocycles. The number of methoxy groups -OCH3 is 1. The summed E-state index contributed by atoms with van der Waals surface area (Å²) in [4.78, 5) is 14.0. The average Bonchev–Trinajstić information content (AvgIpc) is 2.40. The van der Waals surface area contributed by atoms with Crippen molar-refractivity contribution in [3.8, 4) is 5.75 Å². The Morgan fingerprint density at radius 3 is 2.67 bits per heavy atom. The molecule has 1 saturated heterocycles. The van der Waals surface area contributed by atoms with Gasteiger partial charge in [-0.2, -0.15) is 0 Å². The Labute approximate surface area is 124 Å². The van der Waals surface area contributed by atoms with Gasteiger partial charge in [-0.05, 0) is 13.8 Å². The molecule has 118 valence electrons. The normalized spacial score (nSPS) is 23.4. The summed E-state index contributed by atoms with van der Waals surface area (Å²) in [7, 11) is 1.63. The maximum atomic E-state index is 11.7. The first-order chi connectivity index (χ1) is 9.99. The van der Waals surface area contributed by atoms with Gasteiger partial charge < -0.3 is 19.1 Å². The summed E-state index contributed by atoms with van der Waals surface area (Å²) in [6.07, 6.45) is 1.86. The van der Waals surface area contributed by atoms with Crippen molar-refractivity contribution in [2.75, 3.05) is 26.8 Å². The van der Waals surface area contributed by atoms with Gasteiger partial charge in [-0.1, -0.05) is 0 Å². The van der Waals surface area contributed by atoms with E-state index in [2.05, 4.69) is 18.7 Å². The van der Waals surface area contributed by atoms with Crippen molar-refractivity contribution in [1.82, 2.24) is 9.47 Å². The number of pyridine rings is 1. The molecule has 6 nitrogen and oxygen atoms in total. The van der Waals surface area contributed by atoms with E-state index in [1.165, 1.54) is 12.3 Å². The molecule has 2 atom stereocenters. The highest BCUT2D eigenvalue weighted by Gasteiger charge is 2.23. The molecule has 0 radical (unpaired) electrons. The third kappa shape index (κ3) is 4.30. The van der Waals surface area contributed by atoms with E-state index in [4.69, 9.17) is 9.47 Å². The van der Waals surface area contributed by atoms with E-state index < -0.39 is 0 Å². The van der Waals surface area contributed by atoms with Crippen LogP contribution in [0.25, 0.3) is 0 Å². The second-order valence-corrected chi connectivity index (χ2v) is 5.65. The molecule has 1 N–H and O–H groups in total. The maximum Gasteiger partial charge on any atom is 0.223 e. The van der Waals surface area contributed by atoms with E-state index in [-0.39, 0.29) is 23.4 Å². The van der Waals surface area contributed by atoms with E-state index in [9.17, 15) is 9.90 Å². The quantitative estimate of drug-likeness (QED) is 0.871. The van der Waals surface area contributed by atoms with Gasteiger partial charge in [-0.25, -0.2) is 0 Å². The van der Waals surface area contributed by atoms with Crippen LogP contribution in [0.4, 0.5) is 0 Å². The monoisotopic (exact) mass is 296 g/mol. The van der Waals surface area contributed by atoms with E-state index in [0.717, 1.165) is 18.8 Å². The number of ether oxygens (including phenoxy) is 2. The Hall–Kier alpha value is -1.37. The second-order valence-electron chi connectivity index (χ2n) is 5.65. The highest BCUT2D eigenvalue weighted by Crippen LogP contribution is 2.15. The molecule has 0 saturated carbocycles. The van der Waals surface area contributed by atoms with Crippen LogP contribution in [0, 0.1) is 0 Å². The van der Waals surface area contributed by atoms with E-state index in [1.807, 2.05) is 4.57 Å². The molecule has 2 heterocycles. The SMILES string of the molecule is COCCn1cc(O)c(=O)cc1CN1CC(C)OC(C)C1. The summed E-state index contributed by atoms with van der Waals surface area (Å²) < 4.78 is 12.7. The Morgan fingerprint density at radius 1 is 1.38 bits per heavy atom. The molecular weight excluding hydrogens is 272 g/mol. The van der Waals surface area contributed by atoms with Gasteiger partial charge in [0.05, 0.1) is 25.0 Å².